The van der Waals surface area contributed by atoms with E-state index in [2.05, 4.69) is 22.3 Å². The normalized spacial score (nSPS) is 11.1. The molecule has 2 heterocycles. The van der Waals surface area contributed by atoms with Crippen molar-refractivity contribution in [2.75, 3.05) is 11.9 Å². The van der Waals surface area contributed by atoms with E-state index in [4.69, 9.17) is 0 Å². The Hall–Kier alpha value is -1.58. The lowest BCUT2D eigenvalue weighted by Gasteiger charge is -2.06. The average molecular weight is 260 g/mol. The van der Waals surface area contributed by atoms with Crippen LogP contribution in [0.2, 0.25) is 0 Å². The zero-order valence-electron chi connectivity index (χ0n) is 12.0. The Balaban J connectivity index is 1.74. The SMILES string of the molecule is CCCCCCCCNc1ccn2ncc(C)c2n1. The molecule has 0 aromatic carbocycles. The number of unbranched alkanes of at least 4 members (excludes halogenated alkanes) is 5. The summed E-state index contributed by atoms with van der Waals surface area (Å²) in [6.45, 7) is 5.29. The van der Waals surface area contributed by atoms with Gasteiger partial charge in [-0.3, -0.25) is 0 Å². The molecule has 0 aliphatic carbocycles. The number of anilines is 1. The van der Waals surface area contributed by atoms with Crippen LogP contribution in [0.4, 0.5) is 5.82 Å². The smallest absolute Gasteiger partial charge is 0.160 e. The van der Waals surface area contributed by atoms with E-state index in [1.54, 1.807) is 0 Å². The van der Waals surface area contributed by atoms with E-state index in [0.717, 1.165) is 23.6 Å². The summed E-state index contributed by atoms with van der Waals surface area (Å²) in [5.41, 5.74) is 2.05. The quantitative estimate of drug-likeness (QED) is 0.734. The Morgan fingerprint density at radius 2 is 1.95 bits per heavy atom. The first-order chi connectivity index (χ1) is 9.31. The fourth-order valence-corrected chi connectivity index (χ4v) is 2.20. The first kappa shape index (κ1) is 13.8. The Morgan fingerprint density at radius 3 is 2.79 bits per heavy atom. The second kappa shape index (κ2) is 7.12. The van der Waals surface area contributed by atoms with Gasteiger partial charge >= 0.3 is 0 Å². The maximum atomic E-state index is 4.57. The van der Waals surface area contributed by atoms with Crippen LogP contribution >= 0.6 is 0 Å². The first-order valence-electron chi connectivity index (χ1n) is 7.36. The molecule has 1 N–H and O–H groups in total. The summed E-state index contributed by atoms with van der Waals surface area (Å²) in [6.07, 6.45) is 11.7. The molecule has 0 saturated heterocycles. The molecule has 0 aliphatic heterocycles. The lowest BCUT2D eigenvalue weighted by molar-refractivity contribution is 0.617. The maximum absolute atomic E-state index is 4.57. The van der Waals surface area contributed by atoms with Crippen molar-refractivity contribution in [1.29, 1.82) is 0 Å². The molecule has 0 spiro atoms. The number of nitrogens with one attached hydrogen (secondary N) is 1. The second-order valence-corrected chi connectivity index (χ2v) is 5.10. The highest BCUT2D eigenvalue weighted by atomic mass is 15.2. The third-order valence-corrected chi connectivity index (χ3v) is 3.38. The monoisotopic (exact) mass is 260 g/mol. The molecular weight excluding hydrogens is 236 g/mol. The van der Waals surface area contributed by atoms with E-state index < -0.39 is 0 Å². The van der Waals surface area contributed by atoms with E-state index in [-0.39, 0.29) is 0 Å². The van der Waals surface area contributed by atoms with Crippen molar-refractivity contribution in [2.24, 2.45) is 0 Å². The number of aromatic nitrogens is 3. The van der Waals surface area contributed by atoms with Crippen LogP contribution in [-0.2, 0) is 0 Å². The van der Waals surface area contributed by atoms with E-state index in [1.807, 2.05) is 29.9 Å². The van der Waals surface area contributed by atoms with Crippen LogP contribution in [0.1, 0.15) is 51.0 Å². The lowest BCUT2D eigenvalue weighted by Crippen LogP contribution is -2.04. The van der Waals surface area contributed by atoms with Crippen LogP contribution in [0.3, 0.4) is 0 Å². The van der Waals surface area contributed by atoms with Crippen molar-refractivity contribution in [3.63, 3.8) is 0 Å². The van der Waals surface area contributed by atoms with Gasteiger partial charge in [-0.1, -0.05) is 39.0 Å². The number of nitrogens with zero attached hydrogens (tertiary/aromatic N) is 3. The topological polar surface area (TPSA) is 42.2 Å². The average Bonchev–Trinajstić information content (AvgIpc) is 2.79. The fraction of sp³-hybridized carbons (Fsp3) is 0.600. The minimum atomic E-state index is 0.938. The van der Waals surface area contributed by atoms with Crippen molar-refractivity contribution >= 4 is 11.5 Å². The van der Waals surface area contributed by atoms with Gasteiger partial charge in [0, 0.05) is 18.3 Å². The molecule has 0 bridgehead atoms. The Morgan fingerprint density at radius 1 is 1.16 bits per heavy atom. The Bertz CT molecular complexity index is 504. The molecule has 4 heteroatoms. The molecule has 0 radical (unpaired) electrons. The third kappa shape index (κ3) is 3.94. The van der Waals surface area contributed by atoms with Crippen LogP contribution in [0.15, 0.2) is 18.5 Å². The van der Waals surface area contributed by atoms with Gasteiger partial charge in [0.2, 0.25) is 0 Å². The van der Waals surface area contributed by atoms with E-state index in [1.165, 1.54) is 38.5 Å². The first-order valence-corrected chi connectivity index (χ1v) is 7.36. The number of aryl methyl sites for hydroxylation is 1. The minimum Gasteiger partial charge on any atom is -0.370 e. The van der Waals surface area contributed by atoms with Gasteiger partial charge in [-0.2, -0.15) is 5.10 Å². The number of hydrogen-bond donors (Lipinski definition) is 1. The highest BCUT2D eigenvalue weighted by Crippen LogP contribution is 2.11. The van der Waals surface area contributed by atoms with Crippen molar-refractivity contribution in [3.8, 4) is 0 Å². The van der Waals surface area contributed by atoms with E-state index >= 15 is 0 Å². The number of rotatable bonds is 8. The number of fused-ring (bicyclic) bond motifs is 1. The summed E-state index contributed by atoms with van der Waals surface area (Å²) in [7, 11) is 0. The molecule has 2 rings (SSSR count). The largest absolute Gasteiger partial charge is 0.370 e. The molecule has 0 atom stereocenters. The van der Waals surface area contributed by atoms with E-state index in [0.29, 0.717) is 0 Å². The molecular formula is C15H24N4. The van der Waals surface area contributed by atoms with Gasteiger partial charge in [0.05, 0.1) is 6.20 Å². The van der Waals surface area contributed by atoms with Crippen molar-refractivity contribution in [3.05, 3.63) is 24.0 Å². The van der Waals surface area contributed by atoms with Gasteiger partial charge in [-0.05, 0) is 19.4 Å². The van der Waals surface area contributed by atoms with Gasteiger partial charge in [0.15, 0.2) is 5.65 Å². The number of hydrogen-bond acceptors (Lipinski definition) is 3. The molecule has 4 nitrogen and oxygen atoms in total. The van der Waals surface area contributed by atoms with Crippen LogP contribution in [-0.4, -0.2) is 21.1 Å². The molecule has 2 aromatic rings. The van der Waals surface area contributed by atoms with Crippen molar-refractivity contribution < 1.29 is 0 Å². The summed E-state index contributed by atoms with van der Waals surface area (Å²) < 4.78 is 1.81. The van der Waals surface area contributed by atoms with Crippen molar-refractivity contribution in [2.45, 2.75) is 52.4 Å². The van der Waals surface area contributed by atoms with Gasteiger partial charge < -0.3 is 5.32 Å². The molecule has 0 fully saturated rings. The third-order valence-electron chi connectivity index (χ3n) is 3.38. The van der Waals surface area contributed by atoms with Crippen LogP contribution in [0.5, 0.6) is 0 Å². The highest BCUT2D eigenvalue weighted by molar-refractivity contribution is 5.50. The molecule has 19 heavy (non-hydrogen) atoms. The molecule has 2 aromatic heterocycles. The highest BCUT2D eigenvalue weighted by Gasteiger charge is 2.01. The zero-order valence-corrected chi connectivity index (χ0v) is 12.0. The molecule has 104 valence electrons. The van der Waals surface area contributed by atoms with Crippen LogP contribution in [0, 0.1) is 6.92 Å². The predicted octanol–water partition coefficient (Wildman–Crippen LogP) is 3.81. The van der Waals surface area contributed by atoms with Crippen LogP contribution in [0.25, 0.3) is 5.65 Å². The second-order valence-electron chi connectivity index (χ2n) is 5.10. The molecule has 0 aliphatic rings. The van der Waals surface area contributed by atoms with Gasteiger partial charge in [-0.15, -0.1) is 0 Å². The lowest BCUT2D eigenvalue weighted by atomic mass is 10.1. The summed E-state index contributed by atoms with van der Waals surface area (Å²) >= 11 is 0. The van der Waals surface area contributed by atoms with Crippen LogP contribution < -0.4 is 5.32 Å². The summed E-state index contributed by atoms with van der Waals surface area (Å²) in [5, 5.41) is 7.62. The summed E-state index contributed by atoms with van der Waals surface area (Å²) in [5.74, 6) is 0.949. The molecule has 0 unspecified atom stereocenters. The molecule has 0 saturated carbocycles. The zero-order chi connectivity index (χ0) is 13.5. The standard InChI is InChI=1S/C15H24N4/c1-3-4-5-6-7-8-10-16-14-9-11-19-15(18-14)13(2)12-17-19/h9,11-12H,3-8,10H2,1-2H3,(H,16,18). The van der Waals surface area contributed by atoms with Gasteiger partial charge in [-0.25, -0.2) is 9.50 Å². The maximum Gasteiger partial charge on any atom is 0.160 e. The van der Waals surface area contributed by atoms with Crippen molar-refractivity contribution in [1.82, 2.24) is 14.6 Å². The van der Waals surface area contributed by atoms with Gasteiger partial charge in [0.1, 0.15) is 5.82 Å². The summed E-state index contributed by atoms with van der Waals surface area (Å²) in [6, 6.07) is 1.98. The Kier molecular flexibility index (Phi) is 5.19. The van der Waals surface area contributed by atoms with Gasteiger partial charge in [0.25, 0.3) is 0 Å². The Labute approximate surface area is 115 Å². The predicted molar refractivity (Wildman–Crippen MR) is 79.6 cm³/mol. The fourth-order valence-electron chi connectivity index (χ4n) is 2.20. The summed E-state index contributed by atoms with van der Waals surface area (Å²) in [4.78, 5) is 4.57. The minimum absolute atomic E-state index is 0.938. The van der Waals surface area contributed by atoms with E-state index in [9.17, 15) is 0 Å². The molecule has 0 amide bonds.